The predicted octanol–water partition coefficient (Wildman–Crippen LogP) is 1.40. The maximum atomic E-state index is 10.9. The predicted molar refractivity (Wildman–Crippen MR) is 52.9 cm³/mol. The van der Waals surface area contributed by atoms with Crippen molar-refractivity contribution in [3.63, 3.8) is 0 Å². The number of hydrogen-bond donors (Lipinski definition) is 1. The van der Waals surface area contributed by atoms with Gasteiger partial charge < -0.3 is 14.8 Å². The fourth-order valence-corrected chi connectivity index (χ4v) is 1.99. The first-order valence-electron chi connectivity index (χ1n) is 5.02. The zero-order valence-corrected chi connectivity index (χ0v) is 8.16. The highest BCUT2D eigenvalue weighted by molar-refractivity contribution is 5.70. The molecule has 2 heterocycles. The molecule has 0 bridgehead atoms. The quantitative estimate of drug-likeness (QED) is 0.753. The van der Waals surface area contributed by atoms with Crippen LogP contribution in [0.3, 0.4) is 0 Å². The van der Waals surface area contributed by atoms with Gasteiger partial charge in [-0.2, -0.15) is 0 Å². The fraction of sp³-hybridized carbons (Fsp3) is 0.364. The largest absolute Gasteiger partial charge is 0.493 e. The first kappa shape index (κ1) is 8.59. The molecule has 0 unspecified atom stereocenters. The standard InChI is InChI=1S/C11H11NO3/c13-11-12-9(6-15-11)7-1-2-10-8(5-7)3-4-14-10/h1-2,5,9H,3-4,6H2,(H,12,13)/t9-/m1/s1. The van der Waals surface area contributed by atoms with Gasteiger partial charge in [-0.1, -0.05) is 6.07 Å². The number of ether oxygens (including phenoxy) is 2. The van der Waals surface area contributed by atoms with Crippen LogP contribution in [-0.2, 0) is 11.2 Å². The normalized spacial score (nSPS) is 22.9. The molecule has 1 atom stereocenters. The molecule has 0 aromatic heterocycles. The number of hydrogen-bond acceptors (Lipinski definition) is 3. The molecule has 1 fully saturated rings. The molecule has 2 aliphatic rings. The van der Waals surface area contributed by atoms with Crippen LogP contribution >= 0.6 is 0 Å². The molecule has 15 heavy (non-hydrogen) atoms. The molecule has 1 aromatic rings. The SMILES string of the molecule is O=C1N[C@@H](c2ccc3c(c2)CCO3)CO1. The zero-order chi connectivity index (χ0) is 10.3. The minimum absolute atomic E-state index is 0.0107. The lowest BCUT2D eigenvalue weighted by molar-refractivity contribution is 0.177. The van der Waals surface area contributed by atoms with Gasteiger partial charge in [-0.05, 0) is 23.3 Å². The summed E-state index contributed by atoms with van der Waals surface area (Å²) in [6.45, 7) is 1.17. The Kier molecular flexibility index (Phi) is 1.80. The van der Waals surface area contributed by atoms with Gasteiger partial charge in [-0.3, -0.25) is 0 Å². The van der Waals surface area contributed by atoms with E-state index >= 15 is 0 Å². The molecule has 0 aliphatic carbocycles. The maximum absolute atomic E-state index is 10.9. The second kappa shape index (κ2) is 3.15. The number of carbonyl (C=O) groups excluding carboxylic acids is 1. The number of rotatable bonds is 1. The summed E-state index contributed by atoms with van der Waals surface area (Å²) >= 11 is 0. The highest BCUT2D eigenvalue weighted by Gasteiger charge is 2.25. The molecular weight excluding hydrogens is 194 g/mol. The molecular formula is C11H11NO3. The number of alkyl carbamates (subject to hydrolysis) is 1. The average Bonchev–Trinajstić information content (AvgIpc) is 2.84. The van der Waals surface area contributed by atoms with Crippen molar-refractivity contribution >= 4 is 6.09 Å². The minimum Gasteiger partial charge on any atom is -0.493 e. The van der Waals surface area contributed by atoms with Crippen molar-refractivity contribution in [2.75, 3.05) is 13.2 Å². The highest BCUT2D eigenvalue weighted by Crippen LogP contribution is 2.29. The second-order valence-corrected chi connectivity index (χ2v) is 3.76. The van der Waals surface area contributed by atoms with E-state index in [1.165, 1.54) is 5.56 Å². The maximum Gasteiger partial charge on any atom is 0.407 e. The summed E-state index contributed by atoms with van der Waals surface area (Å²) in [6.07, 6.45) is 0.613. The van der Waals surface area contributed by atoms with Gasteiger partial charge in [-0.15, -0.1) is 0 Å². The Bertz CT molecular complexity index is 416. The zero-order valence-electron chi connectivity index (χ0n) is 8.16. The highest BCUT2D eigenvalue weighted by atomic mass is 16.6. The third-order valence-corrected chi connectivity index (χ3v) is 2.79. The van der Waals surface area contributed by atoms with Crippen LogP contribution in [0.25, 0.3) is 0 Å². The first-order chi connectivity index (χ1) is 7.33. The molecule has 1 saturated heterocycles. The lowest BCUT2D eigenvalue weighted by atomic mass is 10.0. The van der Waals surface area contributed by atoms with Crippen LogP contribution < -0.4 is 10.1 Å². The van der Waals surface area contributed by atoms with Crippen molar-refractivity contribution in [1.29, 1.82) is 0 Å². The van der Waals surface area contributed by atoms with Crippen molar-refractivity contribution in [1.82, 2.24) is 5.32 Å². The van der Waals surface area contributed by atoms with Crippen molar-refractivity contribution in [3.8, 4) is 5.75 Å². The van der Waals surface area contributed by atoms with Gasteiger partial charge in [0.15, 0.2) is 0 Å². The lowest BCUT2D eigenvalue weighted by Gasteiger charge is -2.08. The van der Waals surface area contributed by atoms with E-state index in [-0.39, 0.29) is 12.1 Å². The Morgan fingerprint density at radius 2 is 2.27 bits per heavy atom. The van der Waals surface area contributed by atoms with E-state index in [1.54, 1.807) is 0 Å². The summed E-state index contributed by atoms with van der Waals surface area (Å²) in [4.78, 5) is 10.9. The van der Waals surface area contributed by atoms with Crippen LogP contribution in [0.2, 0.25) is 0 Å². The number of benzene rings is 1. The Morgan fingerprint density at radius 1 is 1.33 bits per heavy atom. The summed E-state index contributed by atoms with van der Waals surface area (Å²) in [5.74, 6) is 0.962. The molecule has 3 rings (SSSR count). The van der Waals surface area contributed by atoms with Crippen LogP contribution in [0.1, 0.15) is 17.2 Å². The summed E-state index contributed by atoms with van der Waals surface area (Å²) in [7, 11) is 0. The molecule has 78 valence electrons. The second-order valence-electron chi connectivity index (χ2n) is 3.76. The van der Waals surface area contributed by atoms with Gasteiger partial charge in [0.25, 0.3) is 0 Å². The van der Waals surface area contributed by atoms with Crippen molar-refractivity contribution in [2.45, 2.75) is 12.5 Å². The average molecular weight is 205 g/mol. The molecule has 1 amide bonds. The smallest absolute Gasteiger partial charge is 0.407 e. The summed E-state index contributed by atoms with van der Waals surface area (Å²) < 4.78 is 10.3. The van der Waals surface area contributed by atoms with E-state index in [9.17, 15) is 4.79 Å². The topological polar surface area (TPSA) is 47.6 Å². The number of cyclic esters (lactones) is 1. The molecule has 1 N–H and O–H groups in total. The molecule has 4 heteroatoms. The Hall–Kier alpha value is -1.71. The van der Waals surface area contributed by atoms with Crippen LogP contribution in [0.15, 0.2) is 18.2 Å². The molecule has 0 radical (unpaired) electrons. The third-order valence-electron chi connectivity index (χ3n) is 2.79. The van der Waals surface area contributed by atoms with E-state index < -0.39 is 0 Å². The van der Waals surface area contributed by atoms with Crippen molar-refractivity contribution in [2.24, 2.45) is 0 Å². The summed E-state index contributed by atoms with van der Waals surface area (Å²) in [5.41, 5.74) is 2.30. The van der Waals surface area contributed by atoms with E-state index in [0.29, 0.717) is 6.61 Å². The molecule has 0 saturated carbocycles. The Morgan fingerprint density at radius 3 is 3.07 bits per heavy atom. The van der Waals surface area contributed by atoms with Crippen molar-refractivity contribution < 1.29 is 14.3 Å². The third kappa shape index (κ3) is 1.42. The van der Waals surface area contributed by atoms with E-state index in [4.69, 9.17) is 9.47 Å². The molecule has 1 aromatic carbocycles. The summed E-state index contributed by atoms with van der Waals surface area (Å²) in [5, 5.41) is 2.76. The van der Waals surface area contributed by atoms with Gasteiger partial charge in [0, 0.05) is 6.42 Å². The number of carbonyl (C=O) groups is 1. The van der Waals surface area contributed by atoms with Gasteiger partial charge in [0.1, 0.15) is 12.4 Å². The van der Waals surface area contributed by atoms with Gasteiger partial charge in [-0.25, -0.2) is 4.79 Å². The first-order valence-corrected chi connectivity index (χ1v) is 5.02. The van der Waals surface area contributed by atoms with Gasteiger partial charge >= 0.3 is 6.09 Å². The summed E-state index contributed by atoms with van der Waals surface area (Å²) in [6, 6.07) is 6.01. The van der Waals surface area contributed by atoms with Gasteiger partial charge in [0.2, 0.25) is 0 Å². The van der Waals surface area contributed by atoms with E-state index in [0.717, 1.165) is 24.3 Å². The van der Waals surface area contributed by atoms with E-state index in [1.807, 2.05) is 12.1 Å². The van der Waals surface area contributed by atoms with Crippen LogP contribution in [0, 0.1) is 0 Å². The number of fused-ring (bicyclic) bond motifs is 1. The lowest BCUT2D eigenvalue weighted by Crippen LogP contribution is -2.18. The molecule has 4 nitrogen and oxygen atoms in total. The number of nitrogens with one attached hydrogen (secondary N) is 1. The van der Waals surface area contributed by atoms with Crippen LogP contribution in [0.5, 0.6) is 5.75 Å². The van der Waals surface area contributed by atoms with Gasteiger partial charge in [0.05, 0.1) is 12.6 Å². The van der Waals surface area contributed by atoms with Crippen LogP contribution in [0.4, 0.5) is 4.79 Å². The monoisotopic (exact) mass is 205 g/mol. The Labute approximate surface area is 87.2 Å². The van der Waals surface area contributed by atoms with Crippen LogP contribution in [-0.4, -0.2) is 19.3 Å². The minimum atomic E-state index is -0.336. The fourth-order valence-electron chi connectivity index (χ4n) is 1.99. The molecule has 0 spiro atoms. The van der Waals surface area contributed by atoms with E-state index in [2.05, 4.69) is 11.4 Å². The Balaban J connectivity index is 1.89. The van der Waals surface area contributed by atoms with Crippen molar-refractivity contribution in [3.05, 3.63) is 29.3 Å². The molecule has 2 aliphatic heterocycles. The number of amides is 1.